The number of hydrogen-bond donors (Lipinski definition) is 0. The summed E-state index contributed by atoms with van der Waals surface area (Å²) < 4.78 is 0. The van der Waals surface area contributed by atoms with Crippen LogP contribution in [0.2, 0.25) is 0 Å². The van der Waals surface area contributed by atoms with Gasteiger partial charge < -0.3 is 0 Å². The summed E-state index contributed by atoms with van der Waals surface area (Å²) >= 11 is 1.11. The van der Waals surface area contributed by atoms with E-state index in [2.05, 4.69) is 20.4 Å². The van der Waals surface area contributed by atoms with E-state index in [1.54, 1.807) is 18.2 Å². The molecular formula is C15H11N5O2S. The lowest BCUT2D eigenvalue weighted by molar-refractivity contribution is -0.380. The zero-order valence-electron chi connectivity index (χ0n) is 12.1. The summed E-state index contributed by atoms with van der Waals surface area (Å²) in [7, 11) is 0. The summed E-state index contributed by atoms with van der Waals surface area (Å²) in [4.78, 5) is 11.0. The van der Waals surface area contributed by atoms with Gasteiger partial charge in [0.25, 0.3) is 0 Å². The lowest BCUT2D eigenvalue weighted by Crippen LogP contribution is -1.94. The van der Waals surface area contributed by atoms with Crippen LogP contribution in [-0.2, 0) is 0 Å². The summed E-state index contributed by atoms with van der Waals surface area (Å²) in [6, 6.07) is 10.5. The number of hydrogen-bond acceptors (Lipinski definition) is 7. The summed E-state index contributed by atoms with van der Waals surface area (Å²) in [6.07, 6.45) is 3.53. The fraction of sp³-hybridized carbons (Fsp3) is 0.0667. The van der Waals surface area contributed by atoms with E-state index >= 15 is 0 Å². The standard InChI is InChI=1S/C15H11N5O2S/c1-10-2-7-13(18-16-10)14-8-4-11(17-19-14)3-5-12-6-9-15(23-12)20(21)22/h2-9H,1H3. The topological polar surface area (TPSA) is 94.7 Å². The molecule has 0 aliphatic heterocycles. The lowest BCUT2D eigenvalue weighted by atomic mass is 10.2. The molecule has 0 spiro atoms. The third-order valence-corrected chi connectivity index (χ3v) is 3.96. The molecular weight excluding hydrogens is 314 g/mol. The Morgan fingerprint density at radius 2 is 1.70 bits per heavy atom. The highest BCUT2D eigenvalue weighted by Crippen LogP contribution is 2.25. The molecule has 0 bridgehead atoms. The van der Waals surface area contributed by atoms with E-state index in [9.17, 15) is 10.1 Å². The molecule has 3 aromatic heterocycles. The van der Waals surface area contributed by atoms with Crippen molar-refractivity contribution in [3.63, 3.8) is 0 Å². The highest BCUT2D eigenvalue weighted by atomic mass is 32.1. The third-order valence-electron chi connectivity index (χ3n) is 2.96. The Kier molecular flexibility index (Phi) is 4.15. The van der Waals surface area contributed by atoms with Gasteiger partial charge in [-0.3, -0.25) is 10.1 Å². The molecule has 0 fully saturated rings. The van der Waals surface area contributed by atoms with Crippen LogP contribution in [0.3, 0.4) is 0 Å². The second kappa shape index (κ2) is 6.41. The first-order chi connectivity index (χ1) is 11.1. The monoisotopic (exact) mass is 325 g/mol. The molecule has 0 unspecified atom stereocenters. The Bertz CT molecular complexity index is 856. The van der Waals surface area contributed by atoms with Gasteiger partial charge in [0.2, 0.25) is 0 Å². The minimum Gasteiger partial charge on any atom is -0.258 e. The van der Waals surface area contributed by atoms with Crippen molar-refractivity contribution < 1.29 is 4.92 Å². The van der Waals surface area contributed by atoms with E-state index in [4.69, 9.17) is 0 Å². The summed E-state index contributed by atoms with van der Waals surface area (Å²) in [5.41, 5.74) is 2.80. The van der Waals surface area contributed by atoms with Crippen LogP contribution in [-0.4, -0.2) is 25.3 Å². The van der Waals surface area contributed by atoms with Crippen LogP contribution in [0.4, 0.5) is 5.00 Å². The molecule has 0 saturated heterocycles. The third kappa shape index (κ3) is 3.61. The van der Waals surface area contributed by atoms with E-state index in [1.807, 2.05) is 31.2 Å². The van der Waals surface area contributed by atoms with Gasteiger partial charge >= 0.3 is 5.00 Å². The molecule has 0 N–H and O–H groups in total. The Morgan fingerprint density at radius 1 is 0.957 bits per heavy atom. The molecule has 0 atom stereocenters. The van der Waals surface area contributed by atoms with E-state index in [-0.39, 0.29) is 5.00 Å². The molecule has 7 nitrogen and oxygen atoms in total. The van der Waals surface area contributed by atoms with Crippen LogP contribution < -0.4 is 0 Å². The van der Waals surface area contributed by atoms with Gasteiger partial charge in [-0.05, 0) is 49.4 Å². The summed E-state index contributed by atoms with van der Waals surface area (Å²) in [5, 5.41) is 27.0. The fourth-order valence-electron chi connectivity index (χ4n) is 1.80. The molecule has 8 heteroatoms. The second-order valence-electron chi connectivity index (χ2n) is 4.67. The van der Waals surface area contributed by atoms with Crippen LogP contribution in [0.5, 0.6) is 0 Å². The van der Waals surface area contributed by atoms with Gasteiger partial charge in [-0.2, -0.15) is 10.2 Å². The Morgan fingerprint density at radius 3 is 2.26 bits per heavy atom. The second-order valence-corrected chi connectivity index (χ2v) is 5.76. The zero-order valence-corrected chi connectivity index (χ0v) is 12.9. The Labute approximate surface area is 135 Å². The predicted octanol–water partition coefficient (Wildman–Crippen LogP) is 3.38. The van der Waals surface area contributed by atoms with E-state index in [0.29, 0.717) is 17.1 Å². The molecule has 3 heterocycles. The van der Waals surface area contributed by atoms with E-state index in [0.717, 1.165) is 21.9 Å². The number of thiophene rings is 1. The van der Waals surface area contributed by atoms with Crippen molar-refractivity contribution in [2.75, 3.05) is 0 Å². The number of rotatable bonds is 4. The van der Waals surface area contributed by atoms with Crippen LogP contribution in [0.1, 0.15) is 16.3 Å². The number of aromatic nitrogens is 4. The highest BCUT2D eigenvalue weighted by molar-refractivity contribution is 7.16. The van der Waals surface area contributed by atoms with Crippen molar-refractivity contribution >= 4 is 28.5 Å². The Hall–Kier alpha value is -3.00. The molecule has 3 aromatic rings. The van der Waals surface area contributed by atoms with Gasteiger partial charge in [-0.1, -0.05) is 11.3 Å². The minimum absolute atomic E-state index is 0.115. The first kappa shape index (κ1) is 14.9. The van der Waals surface area contributed by atoms with Crippen molar-refractivity contribution in [3.8, 4) is 11.4 Å². The van der Waals surface area contributed by atoms with E-state index < -0.39 is 4.92 Å². The van der Waals surface area contributed by atoms with Crippen molar-refractivity contribution in [2.24, 2.45) is 0 Å². The first-order valence-electron chi connectivity index (χ1n) is 6.68. The normalized spacial score (nSPS) is 11.0. The SMILES string of the molecule is Cc1ccc(-c2ccc(C=Cc3ccc([N+](=O)[O-])s3)nn2)nn1. The molecule has 3 rings (SSSR count). The van der Waals surface area contributed by atoms with E-state index in [1.165, 1.54) is 6.07 Å². The Balaban J connectivity index is 1.75. The fourth-order valence-corrected chi connectivity index (χ4v) is 2.53. The largest absolute Gasteiger partial charge is 0.324 e. The molecule has 0 aliphatic rings. The highest BCUT2D eigenvalue weighted by Gasteiger charge is 2.07. The van der Waals surface area contributed by atoms with Crippen LogP contribution in [0.15, 0.2) is 36.4 Å². The van der Waals surface area contributed by atoms with Crippen molar-refractivity contribution in [1.29, 1.82) is 0 Å². The predicted molar refractivity (Wildman–Crippen MR) is 87.7 cm³/mol. The molecule has 0 aromatic carbocycles. The molecule has 0 aliphatic carbocycles. The maximum atomic E-state index is 10.6. The first-order valence-corrected chi connectivity index (χ1v) is 7.50. The van der Waals surface area contributed by atoms with Gasteiger partial charge in [-0.25, -0.2) is 0 Å². The summed E-state index contributed by atoms with van der Waals surface area (Å²) in [6.45, 7) is 1.87. The zero-order chi connectivity index (χ0) is 16.2. The van der Waals surface area contributed by atoms with Crippen LogP contribution in [0, 0.1) is 17.0 Å². The molecule has 114 valence electrons. The molecule has 0 amide bonds. The van der Waals surface area contributed by atoms with Gasteiger partial charge in [0.05, 0.1) is 16.3 Å². The maximum absolute atomic E-state index is 10.6. The van der Waals surface area contributed by atoms with Crippen LogP contribution >= 0.6 is 11.3 Å². The average molecular weight is 325 g/mol. The maximum Gasteiger partial charge on any atom is 0.324 e. The van der Waals surface area contributed by atoms with Gasteiger partial charge in [-0.15, -0.1) is 10.2 Å². The van der Waals surface area contributed by atoms with Gasteiger partial charge in [0.15, 0.2) is 0 Å². The lowest BCUT2D eigenvalue weighted by Gasteiger charge is -1.98. The van der Waals surface area contributed by atoms with Gasteiger partial charge in [0, 0.05) is 10.9 Å². The van der Waals surface area contributed by atoms with Gasteiger partial charge in [0.1, 0.15) is 11.4 Å². The molecule has 0 radical (unpaired) electrons. The smallest absolute Gasteiger partial charge is 0.258 e. The van der Waals surface area contributed by atoms with Crippen LogP contribution in [0.25, 0.3) is 23.5 Å². The quantitative estimate of drug-likeness (QED) is 0.539. The summed E-state index contributed by atoms with van der Waals surface area (Å²) in [5.74, 6) is 0. The average Bonchev–Trinajstić information content (AvgIpc) is 3.04. The van der Waals surface area contributed by atoms with Crippen molar-refractivity contribution in [1.82, 2.24) is 20.4 Å². The number of nitrogens with zero attached hydrogens (tertiary/aromatic N) is 5. The number of nitro groups is 1. The number of aryl methyl sites for hydroxylation is 1. The van der Waals surface area contributed by atoms with Crippen molar-refractivity contribution in [3.05, 3.63) is 62.8 Å². The molecule has 23 heavy (non-hydrogen) atoms. The molecule has 0 saturated carbocycles. The minimum atomic E-state index is -0.404. The van der Waals surface area contributed by atoms with Crippen molar-refractivity contribution in [2.45, 2.75) is 6.92 Å².